The second kappa shape index (κ2) is 49.3. The molecular weight excluding hydrogens is 787 g/mol. The molecule has 9 heteroatoms. The van der Waals surface area contributed by atoms with Crippen molar-refractivity contribution >= 4 is 24.2 Å². The minimum atomic E-state index is -0.525. The zero-order valence-electron chi connectivity index (χ0n) is 43.0. The maximum Gasteiger partial charge on any atom is 0.306 e. The van der Waals surface area contributed by atoms with E-state index in [0.29, 0.717) is 38.3 Å². The molecule has 3 amide bonds. The van der Waals surface area contributed by atoms with Gasteiger partial charge in [0.15, 0.2) is 0 Å². The van der Waals surface area contributed by atoms with Crippen molar-refractivity contribution in [3.8, 4) is 0 Å². The summed E-state index contributed by atoms with van der Waals surface area (Å²) in [5.74, 6) is -0.237. The van der Waals surface area contributed by atoms with Crippen LogP contribution in [0, 0.1) is 5.92 Å². The lowest BCUT2D eigenvalue weighted by molar-refractivity contribution is -0.146. The predicted octanol–water partition coefficient (Wildman–Crippen LogP) is 14.4. The van der Waals surface area contributed by atoms with Crippen LogP contribution in [-0.2, 0) is 28.7 Å². The van der Waals surface area contributed by atoms with Gasteiger partial charge in [-0.25, -0.2) is 0 Å². The first-order valence-corrected chi connectivity index (χ1v) is 27.0. The summed E-state index contributed by atoms with van der Waals surface area (Å²) >= 11 is 0. The highest BCUT2D eigenvalue weighted by molar-refractivity contribution is 5.81. The Morgan fingerprint density at radius 3 is 1.29 bits per heavy atom. The van der Waals surface area contributed by atoms with Crippen LogP contribution >= 0.6 is 0 Å². The average molecular weight is 894 g/mol. The number of hydrogen-bond acceptors (Lipinski definition) is 6. The molecule has 0 saturated carbocycles. The van der Waals surface area contributed by atoms with Gasteiger partial charge in [0.25, 0.3) is 0 Å². The fraction of sp³-hybridized carbons (Fsp3) is 0.926. The van der Waals surface area contributed by atoms with E-state index in [4.69, 9.17) is 9.47 Å². The van der Waals surface area contributed by atoms with Crippen LogP contribution in [0.1, 0.15) is 280 Å². The summed E-state index contributed by atoms with van der Waals surface area (Å²) in [6, 6.07) is -0.525. The smallest absolute Gasteiger partial charge is 0.306 e. The van der Waals surface area contributed by atoms with Crippen molar-refractivity contribution in [2.45, 2.75) is 291 Å². The average Bonchev–Trinajstić information content (AvgIpc) is 3.25. The topological polar surface area (TPSA) is 123 Å². The standard InChI is InChI=1S/C36H69N3O6.C18H38/c1-6-7-8-9-10-11-12-13-14-15-16-17-18-19-20-21-33(41)38-28-32(39-30-40)29-44-35(43)23-22-34(42)37-26-25-36(4,5)45-27-24-31(2)3;1-3-5-7-9-11-13-15-17-18-16-14-12-10-8-6-4-2/h30-32H,6-29H2,1-5H3,(H,37,42)(H,38,41)(H,39,40);3-18H2,1-2H3. The van der Waals surface area contributed by atoms with Crippen molar-refractivity contribution in [3.05, 3.63) is 0 Å². The maximum absolute atomic E-state index is 12.2. The molecule has 0 radical (unpaired) electrons. The van der Waals surface area contributed by atoms with Gasteiger partial charge in [-0.3, -0.25) is 19.2 Å². The molecule has 0 aliphatic heterocycles. The van der Waals surface area contributed by atoms with Crippen molar-refractivity contribution in [2.75, 3.05) is 26.3 Å². The molecule has 0 aromatic rings. The number of rotatable bonds is 47. The summed E-state index contributed by atoms with van der Waals surface area (Å²) in [6.45, 7) is 16.4. The third kappa shape index (κ3) is 52.3. The van der Waals surface area contributed by atoms with Crippen molar-refractivity contribution in [2.24, 2.45) is 5.92 Å². The second-order valence-corrected chi connectivity index (χ2v) is 19.5. The van der Waals surface area contributed by atoms with Crippen LogP contribution in [0.5, 0.6) is 0 Å². The first-order valence-electron chi connectivity index (χ1n) is 27.0. The third-order valence-electron chi connectivity index (χ3n) is 12.1. The molecule has 0 rings (SSSR count). The molecule has 9 nitrogen and oxygen atoms in total. The van der Waals surface area contributed by atoms with E-state index >= 15 is 0 Å². The van der Waals surface area contributed by atoms with E-state index in [1.807, 2.05) is 13.8 Å². The number of hydrogen-bond donors (Lipinski definition) is 3. The number of carbonyl (C=O) groups excluding carboxylic acids is 4. The summed E-state index contributed by atoms with van der Waals surface area (Å²) in [6.07, 6.45) is 45.2. The van der Waals surface area contributed by atoms with Crippen molar-refractivity contribution in [1.29, 1.82) is 0 Å². The van der Waals surface area contributed by atoms with Gasteiger partial charge >= 0.3 is 5.97 Å². The first kappa shape index (κ1) is 62.9. The number of esters is 1. The van der Waals surface area contributed by atoms with Gasteiger partial charge in [-0.1, -0.05) is 227 Å². The van der Waals surface area contributed by atoms with Gasteiger partial charge in [-0.05, 0) is 39.0 Å². The highest BCUT2D eigenvalue weighted by atomic mass is 16.5. The third-order valence-corrected chi connectivity index (χ3v) is 12.1. The summed E-state index contributed by atoms with van der Waals surface area (Å²) in [5, 5.41) is 8.22. The van der Waals surface area contributed by atoms with Crippen LogP contribution in [-0.4, -0.2) is 62.1 Å². The summed E-state index contributed by atoms with van der Waals surface area (Å²) in [4.78, 5) is 47.5. The zero-order chi connectivity index (χ0) is 46.9. The SMILES string of the molecule is CCCCCCCCCCCCCCCCCC.CCCCCCCCCCCCCCCCCC(=O)NCC(COC(=O)CCC(=O)NCCC(C)(C)OCCC(C)C)NC=O. The Labute approximate surface area is 391 Å². The molecule has 1 atom stereocenters. The molecule has 374 valence electrons. The lowest BCUT2D eigenvalue weighted by Gasteiger charge is -2.26. The van der Waals surface area contributed by atoms with Crippen LogP contribution in [0.2, 0.25) is 0 Å². The Balaban J connectivity index is 0. The Hall–Kier alpha value is -2.16. The Bertz CT molecular complexity index is 990. The fourth-order valence-electron chi connectivity index (χ4n) is 7.58. The van der Waals surface area contributed by atoms with E-state index in [0.717, 1.165) is 25.7 Å². The van der Waals surface area contributed by atoms with E-state index in [1.165, 1.54) is 180 Å². The van der Waals surface area contributed by atoms with Crippen LogP contribution in [0.25, 0.3) is 0 Å². The normalized spacial score (nSPS) is 11.8. The largest absolute Gasteiger partial charge is 0.463 e. The van der Waals surface area contributed by atoms with Gasteiger partial charge in [0.2, 0.25) is 18.2 Å². The van der Waals surface area contributed by atoms with E-state index in [1.54, 1.807) is 0 Å². The van der Waals surface area contributed by atoms with Gasteiger partial charge in [0, 0.05) is 32.5 Å². The molecule has 0 spiro atoms. The highest BCUT2D eigenvalue weighted by Crippen LogP contribution is 2.17. The van der Waals surface area contributed by atoms with Gasteiger partial charge in [-0.2, -0.15) is 0 Å². The van der Waals surface area contributed by atoms with Gasteiger partial charge in [0.1, 0.15) is 6.61 Å². The zero-order valence-corrected chi connectivity index (χ0v) is 43.0. The predicted molar refractivity (Wildman–Crippen MR) is 268 cm³/mol. The molecule has 3 N–H and O–H groups in total. The minimum absolute atomic E-state index is 0.0231. The number of unbranched alkanes of at least 4 members (excludes halogenated alkanes) is 29. The minimum Gasteiger partial charge on any atom is -0.463 e. The lowest BCUT2D eigenvalue weighted by atomic mass is 10.0. The molecule has 0 aromatic heterocycles. The van der Waals surface area contributed by atoms with E-state index in [2.05, 4.69) is 50.6 Å². The number of carbonyl (C=O) groups is 4. The quantitative estimate of drug-likeness (QED) is 0.0318. The van der Waals surface area contributed by atoms with E-state index in [9.17, 15) is 19.2 Å². The van der Waals surface area contributed by atoms with Crippen molar-refractivity contribution in [1.82, 2.24) is 16.0 Å². The summed E-state index contributed by atoms with van der Waals surface area (Å²) in [7, 11) is 0. The Morgan fingerprint density at radius 1 is 0.524 bits per heavy atom. The van der Waals surface area contributed by atoms with E-state index < -0.39 is 12.0 Å². The van der Waals surface area contributed by atoms with Crippen LogP contribution in [0.4, 0.5) is 0 Å². The molecule has 0 aromatic carbocycles. The molecule has 0 saturated heterocycles. The molecule has 0 heterocycles. The Morgan fingerprint density at radius 2 is 0.905 bits per heavy atom. The molecule has 0 aliphatic rings. The van der Waals surface area contributed by atoms with Crippen LogP contribution < -0.4 is 16.0 Å². The monoisotopic (exact) mass is 894 g/mol. The van der Waals surface area contributed by atoms with Crippen molar-refractivity contribution in [3.63, 3.8) is 0 Å². The van der Waals surface area contributed by atoms with Gasteiger partial charge in [0.05, 0.1) is 18.1 Å². The molecular formula is C54H107N3O6. The summed E-state index contributed by atoms with van der Waals surface area (Å²) in [5.41, 5.74) is -0.330. The summed E-state index contributed by atoms with van der Waals surface area (Å²) < 4.78 is 11.1. The number of ether oxygens (including phenoxy) is 2. The molecule has 0 fully saturated rings. The lowest BCUT2D eigenvalue weighted by Crippen LogP contribution is -2.43. The molecule has 1 unspecified atom stereocenters. The second-order valence-electron chi connectivity index (χ2n) is 19.5. The van der Waals surface area contributed by atoms with E-state index in [-0.39, 0.29) is 43.4 Å². The highest BCUT2D eigenvalue weighted by Gasteiger charge is 2.19. The molecule has 0 bridgehead atoms. The number of amides is 3. The molecule has 0 aliphatic carbocycles. The first-order chi connectivity index (χ1) is 30.5. The maximum atomic E-state index is 12.2. The Kier molecular flexibility index (Phi) is 49.2. The van der Waals surface area contributed by atoms with Crippen LogP contribution in [0.3, 0.4) is 0 Å². The molecule has 63 heavy (non-hydrogen) atoms. The van der Waals surface area contributed by atoms with Gasteiger partial charge < -0.3 is 25.4 Å². The van der Waals surface area contributed by atoms with Crippen molar-refractivity contribution < 1.29 is 28.7 Å². The van der Waals surface area contributed by atoms with Crippen LogP contribution in [0.15, 0.2) is 0 Å². The van der Waals surface area contributed by atoms with Gasteiger partial charge in [-0.15, -0.1) is 0 Å². The number of nitrogens with one attached hydrogen (secondary N) is 3. The fourth-order valence-corrected chi connectivity index (χ4v) is 7.58.